The second-order valence-corrected chi connectivity index (χ2v) is 12.2. The number of rotatable bonds is 7. The number of anilines is 1. The standard InChI is InChI=1S/C32H47N3/c1-22(2)29-18-12-24(5)20-31(29)35(32-21-25(6)13-19-30(32)23(3)4)28-16-14-27(15-17-28)34-33-26-10-8-7-9-11-26/h7-11,14-17,22-25,29-32H,12-13,18-21H2,1-6H3. The van der Waals surface area contributed by atoms with Gasteiger partial charge in [0.15, 0.2) is 0 Å². The number of hydrogen-bond donors (Lipinski definition) is 0. The first-order valence-electron chi connectivity index (χ1n) is 14.2. The summed E-state index contributed by atoms with van der Waals surface area (Å²) in [6.07, 6.45) is 8.10. The summed E-state index contributed by atoms with van der Waals surface area (Å²) in [6, 6.07) is 20.2. The smallest absolute Gasteiger partial charge is 0.0858 e. The Morgan fingerprint density at radius 2 is 1.09 bits per heavy atom. The molecule has 6 unspecified atom stereocenters. The van der Waals surface area contributed by atoms with Crippen molar-refractivity contribution in [2.45, 2.75) is 92.2 Å². The van der Waals surface area contributed by atoms with Crippen molar-refractivity contribution >= 4 is 17.1 Å². The summed E-state index contributed by atoms with van der Waals surface area (Å²) in [7, 11) is 0. The van der Waals surface area contributed by atoms with Crippen LogP contribution in [-0.2, 0) is 0 Å². The SMILES string of the molecule is CC1CCC(C(C)C)C(N(c2ccc(N=Nc3ccccc3)cc2)C2CC(C)CCC2C(C)C)C1. The van der Waals surface area contributed by atoms with Gasteiger partial charge in [0.1, 0.15) is 0 Å². The largest absolute Gasteiger partial charge is 0.365 e. The molecule has 2 saturated carbocycles. The highest BCUT2D eigenvalue weighted by Gasteiger charge is 2.42. The van der Waals surface area contributed by atoms with Crippen LogP contribution in [0.4, 0.5) is 17.1 Å². The lowest BCUT2D eigenvalue weighted by Gasteiger charge is -2.53. The van der Waals surface area contributed by atoms with E-state index < -0.39 is 0 Å². The van der Waals surface area contributed by atoms with Crippen molar-refractivity contribution in [1.82, 2.24) is 0 Å². The van der Waals surface area contributed by atoms with Crippen molar-refractivity contribution in [1.29, 1.82) is 0 Å². The van der Waals surface area contributed by atoms with Gasteiger partial charge in [-0.25, -0.2) is 0 Å². The topological polar surface area (TPSA) is 28.0 Å². The van der Waals surface area contributed by atoms with Crippen LogP contribution in [0.3, 0.4) is 0 Å². The third-order valence-corrected chi connectivity index (χ3v) is 8.87. The van der Waals surface area contributed by atoms with E-state index in [-0.39, 0.29) is 0 Å². The molecule has 2 aromatic carbocycles. The highest BCUT2D eigenvalue weighted by Crippen LogP contribution is 2.45. The van der Waals surface area contributed by atoms with E-state index in [9.17, 15) is 0 Å². The summed E-state index contributed by atoms with van der Waals surface area (Å²) in [5, 5.41) is 8.95. The highest BCUT2D eigenvalue weighted by molar-refractivity contribution is 5.55. The summed E-state index contributed by atoms with van der Waals surface area (Å²) < 4.78 is 0. The van der Waals surface area contributed by atoms with Gasteiger partial charge in [0.2, 0.25) is 0 Å². The maximum Gasteiger partial charge on any atom is 0.0858 e. The fraction of sp³-hybridized carbons (Fsp3) is 0.625. The van der Waals surface area contributed by atoms with Crippen molar-refractivity contribution in [3.8, 4) is 0 Å². The number of azo groups is 1. The summed E-state index contributed by atoms with van der Waals surface area (Å²) in [5.74, 6) is 4.55. The molecular formula is C32H47N3. The molecule has 0 radical (unpaired) electrons. The molecule has 2 aliphatic carbocycles. The van der Waals surface area contributed by atoms with Gasteiger partial charge in [-0.05, 0) is 97.6 Å². The van der Waals surface area contributed by atoms with Gasteiger partial charge < -0.3 is 4.90 Å². The van der Waals surface area contributed by atoms with Gasteiger partial charge in [0.25, 0.3) is 0 Å². The molecule has 0 spiro atoms. The van der Waals surface area contributed by atoms with Gasteiger partial charge in [0.05, 0.1) is 11.4 Å². The van der Waals surface area contributed by atoms with Gasteiger partial charge in [-0.3, -0.25) is 0 Å². The van der Waals surface area contributed by atoms with Crippen molar-refractivity contribution < 1.29 is 0 Å². The first-order chi connectivity index (χ1) is 16.8. The first-order valence-corrected chi connectivity index (χ1v) is 14.2. The molecule has 3 nitrogen and oxygen atoms in total. The molecule has 2 aromatic rings. The molecule has 0 aliphatic heterocycles. The molecule has 0 N–H and O–H groups in total. The molecule has 6 atom stereocenters. The zero-order chi connectivity index (χ0) is 24.9. The normalized spacial score (nSPS) is 29.7. The van der Waals surface area contributed by atoms with E-state index in [1.807, 2.05) is 30.3 Å². The zero-order valence-corrected chi connectivity index (χ0v) is 22.9. The third-order valence-electron chi connectivity index (χ3n) is 8.87. The average molecular weight is 474 g/mol. The molecule has 0 heterocycles. The Morgan fingerprint density at radius 3 is 1.54 bits per heavy atom. The highest BCUT2D eigenvalue weighted by atomic mass is 15.2. The summed E-state index contributed by atoms with van der Waals surface area (Å²) in [4.78, 5) is 2.92. The molecule has 0 bridgehead atoms. The molecule has 2 aliphatic rings. The van der Waals surface area contributed by atoms with Crippen LogP contribution in [0.2, 0.25) is 0 Å². The Hall–Kier alpha value is -2.16. The van der Waals surface area contributed by atoms with Gasteiger partial charge >= 0.3 is 0 Å². The molecule has 0 saturated heterocycles. The van der Waals surface area contributed by atoms with Gasteiger partial charge in [-0.15, -0.1) is 0 Å². The van der Waals surface area contributed by atoms with Gasteiger partial charge in [-0.1, -0.05) is 72.6 Å². The lowest BCUT2D eigenvalue weighted by Crippen LogP contribution is -2.55. The Labute approximate surface area is 214 Å². The molecule has 0 amide bonds. The van der Waals surface area contributed by atoms with E-state index in [0.717, 1.165) is 35.0 Å². The predicted molar refractivity (Wildman–Crippen MR) is 150 cm³/mol. The Morgan fingerprint density at radius 1 is 0.629 bits per heavy atom. The van der Waals surface area contributed by atoms with Crippen molar-refractivity contribution in [3.63, 3.8) is 0 Å². The van der Waals surface area contributed by atoms with E-state index in [0.29, 0.717) is 23.9 Å². The monoisotopic (exact) mass is 473 g/mol. The number of nitrogens with zero attached hydrogens (tertiary/aromatic N) is 3. The van der Waals surface area contributed by atoms with Crippen LogP contribution in [-0.4, -0.2) is 12.1 Å². The molecular weight excluding hydrogens is 426 g/mol. The van der Waals surface area contributed by atoms with Gasteiger partial charge in [-0.2, -0.15) is 10.2 Å². The molecule has 0 aromatic heterocycles. The zero-order valence-electron chi connectivity index (χ0n) is 22.9. The number of benzene rings is 2. The summed E-state index contributed by atoms with van der Waals surface area (Å²) >= 11 is 0. The van der Waals surface area contributed by atoms with Crippen LogP contribution in [0.15, 0.2) is 64.8 Å². The van der Waals surface area contributed by atoms with Crippen LogP contribution in [0, 0.1) is 35.5 Å². The van der Waals surface area contributed by atoms with E-state index in [1.165, 1.54) is 44.2 Å². The van der Waals surface area contributed by atoms with E-state index >= 15 is 0 Å². The quantitative estimate of drug-likeness (QED) is 0.368. The lowest BCUT2D eigenvalue weighted by atomic mass is 9.69. The van der Waals surface area contributed by atoms with Crippen LogP contribution < -0.4 is 4.90 Å². The van der Waals surface area contributed by atoms with Crippen LogP contribution in [0.1, 0.15) is 80.1 Å². The molecule has 190 valence electrons. The minimum Gasteiger partial charge on any atom is -0.365 e. The van der Waals surface area contributed by atoms with Crippen LogP contribution >= 0.6 is 0 Å². The predicted octanol–water partition coefficient (Wildman–Crippen LogP) is 9.83. The molecule has 35 heavy (non-hydrogen) atoms. The van der Waals surface area contributed by atoms with Gasteiger partial charge in [0, 0.05) is 17.8 Å². The Kier molecular flexibility index (Phi) is 8.68. The third kappa shape index (κ3) is 6.35. The minimum absolute atomic E-state index is 0.618. The van der Waals surface area contributed by atoms with E-state index in [2.05, 4.69) is 80.9 Å². The van der Waals surface area contributed by atoms with E-state index in [1.54, 1.807) is 0 Å². The second-order valence-electron chi connectivity index (χ2n) is 12.2. The lowest BCUT2D eigenvalue weighted by molar-refractivity contribution is 0.136. The maximum absolute atomic E-state index is 4.52. The molecule has 2 fully saturated rings. The second kappa shape index (κ2) is 11.7. The maximum atomic E-state index is 4.52. The fourth-order valence-electron chi connectivity index (χ4n) is 6.87. The van der Waals surface area contributed by atoms with Crippen LogP contribution in [0.5, 0.6) is 0 Å². The molecule has 3 heteroatoms. The van der Waals surface area contributed by atoms with E-state index in [4.69, 9.17) is 0 Å². The minimum atomic E-state index is 0.618. The fourth-order valence-corrected chi connectivity index (χ4v) is 6.87. The summed E-state index contributed by atoms with van der Waals surface area (Å²) in [6.45, 7) is 14.7. The Balaban J connectivity index is 1.69. The summed E-state index contributed by atoms with van der Waals surface area (Å²) in [5.41, 5.74) is 3.20. The number of hydrogen-bond acceptors (Lipinski definition) is 3. The van der Waals surface area contributed by atoms with Crippen LogP contribution in [0.25, 0.3) is 0 Å². The van der Waals surface area contributed by atoms with Crippen molar-refractivity contribution in [2.24, 2.45) is 45.7 Å². The average Bonchev–Trinajstić information content (AvgIpc) is 2.84. The molecule has 4 rings (SSSR count). The first kappa shape index (κ1) is 25.9. The Bertz CT molecular complexity index is 901. The van der Waals surface area contributed by atoms with Crippen molar-refractivity contribution in [2.75, 3.05) is 4.90 Å². The van der Waals surface area contributed by atoms with Crippen molar-refractivity contribution in [3.05, 3.63) is 54.6 Å².